The molecule has 1 aromatic carbocycles. The number of esters is 1. The average molecular weight is 265 g/mol. The van der Waals surface area contributed by atoms with Crippen LogP contribution in [0.25, 0.3) is 0 Å². The van der Waals surface area contributed by atoms with E-state index in [0.29, 0.717) is 26.2 Å². The maximum absolute atomic E-state index is 11.3. The third-order valence-electron chi connectivity index (χ3n) is 2.72. The molecule has 1 rings (SSSR count). The van der Waals surface area contributed by atoms with Crippen molar-refractivity contribution in [2.45, 2.75) is 26.8 Å². The van der Waals surface area contributed by atoms with Gasteiger partial charge in [0.2, 0.25) is 0 Å². The van der Waals surface area contributed by atoms with E-state index in [1.165, 1.54) is 0 Å². The van der Waals surface area contributed by atoms with Gasteiger partial charge in [-0.05, 0) is 27.0 Å². The predicted molar refractivity (Wildman–Crippen MR) is 75.2 cm³/mol. The van der Waals surface area contributed by atoms with E-state index in [2.05, 4.69) is 4.90 Å². The first kappa shape index (κ1) is 15.5. The van der Waals surface area contributed by atoms with Crippen LogP contribution in [0, 0.1) is 0 Å². The molecule has 0 aliphatic carbocycles. The van der Waals surface area contributed by atoms with Gasteiger partial charge in [0.15, 0.2) is 0 Å². The highest BCUT2D eigenvalue weighted by atomic mass is 16.5. The quantitative estimate of drug-likeness (QED) is 0.677. The molecule has 0 aromatic heterocycles. The highest BCUT2D eigenvalue weighted by Gasteiger charge is 2.08. The monoisotopic (exact) mass is 265 g/mol. The summed E-state index contributed by atoms with van der Waals surface area (Å²) in [6, 6.07) is 7.98. The van der Waals surface area contributed by atoms with Gasteiger partial charge in [0.25, 0.3) is 0 Å². The Morgan fingerprint density at radius 2 is 1.95 bits per heavy atom. The zero-order valence-corrected chi connectivity index (χ0v) is 12.0. The number of carbonyl (C=O) groups is 1. The maximum Gasteiger partial charge on any atom is 0.307 e. The molecule has 0 amide bonds. The molecule has 0 aliphatic heterocycles. The Hall–Kier alpha value is -1.55. The van der Waals surface area contributed by atoms with Crippen molar-refractivity contribution in [3.05, 3.63) is 29.8 Å². The van der Waals surface area contributed by atoms with Crippen LogP contribution >= 0.6 is 0 Å². The van der Waals surface area contributed by atoms with Gasteiger partial charge in [0, 0.05) is 18.7 Å². The summed E-state index contributed by atoms with van der Waals surface area (Å²) in [7, 11) is 1.99. The van der Waals surface area contributed by atoms with E-state index in [-0.39, 0.29) is 5.97 Å². The molecule has 0 saturated carbocycles. The molecule has 106 valence electrons. The Morgan fingerprint density at radius 3 is 2.63 bits per heavy atom. The van der Waals surface area contributed by atoms with Crippen molar-refractivity contribution in [2.75, 3.05) is 26.8 Å². The van der Waals surface area contributed by atoms with E-state index < -0.39 is 0 Å². The summed E-state index contributed by atoms with van der Waals surface area (Å²) >= 11 is 0. The lowest BCUT2D eigenvalue weighted by Gasteiger charge is -2.18. The van der Waals surface area contributed by atoms with Gasteiger partial charge in [-0.15, -0.1) is 0 Å². The Morgan fingerprint density at radius 1 is 1.21 bits per heavy atom. The topological polar surface area (TPSA) is 38.8 Å². The van der Waals surface area contributed by atoms with E-state index in [0.717, 1.165) is 17.9 Å². The molecule has 0 unspecified atom stereocenters. The van der Waals surface area contributed by atoms with Gasteiger partial charge in [-0.1, -0.05) is 18.2 Å². The number of ether oxygens (including phenoxy) is 2. The molecule has 0 atom stereocenters. The Balaban J connectivity index is 2.47. The summed E-state index contributed by atoms with van der Waals surface area (Å²) in [6.07, 6.45) is 0.418. The van der Waals surface area contributed by atoms with Crippen LogP contribution in [0.5, 0.6) is 5.75 Å². The highest BCUT2D eigenvalue weighted by Crippen LogP contribution is 2.19. The SMILES string of the molecule is CCOC(=O)CCN(C)Cc1ccccc1OCC. The zero-order chi connectivity index (χ0) is 14.1. The lowest BCUT2D eigenvalue weighted by atomic mass is 10.2. The number of hydrogen-bond acceptors (Lipinski definition) is 4. The van der Waals surface area contributed by atoms with Gasteiger partial charge in [0.1, 0.15) is 5.75 Å². The first-order valence-electron chi connectivity index (χ1n) is 6.72. The first-order valence-corrected chi connectivity index (χ1v) is 6.72. The first-order chi connectivity index (χ1) is 9.17. The predicted octanol–water partition coefficient (Wildman–Crippen LogP) is 2.47. The van der Waals surface area contributed by atoms with Crippen molar-refractivity contribution < 1.29 is 14.3 Å². The summed E-state index contributed by atoms with van der Waals surface area (Å²) in [4.78, 5) is 13.4. The minimum atomic E-state index is -0.146. The summed E-state index contributed by atoms with van der Waals surface area (Å²) in [5, 5.41) is 0. The fraction of sp³-hybridized carbons (Fsp3) is 0.533. The molecule has 0 bridgehead atoms. The smallest absolute Gasteiger partial charge is 0.307 e. The highest BCUT2D eigenvalue weighted by molar-refractivity contribution is 5.69. The molecular formula is C15H23NO3. The van der Waals surface area contributed by atoms with Gasteiger partial charge < -0.3 is 14.4 Å². The Labute approximate surface area is 115 Å². The van der Waals surface area contributed by atoms with E-state index in [4.69, 9.17) is 9.47 Å². The number of carbonyl (C=O) groups excluding carboxylic acids is 1. The molecule has 0 fully saturated rings. The van der Waals surface area contributed by atoms with E-state index in [1.54, 1.807) is 0 Å². The minimum Gasteiger partial charge on any atom is -0.494 e. The van der Waals surface area contributed by atoms with Crippen molar-refractivity contribution in [1.29, 1.82) is 0 Å². The number of para-hydroxylation sites is 1. The summed E-state index contributed by atoms with van der Waals surface area (Å²) in [5.74, 6) is 0.764. The molecule has 0 aliphatic rings. The van der Waals surface area contributed by atoms with Crippen LogP contribution in [0.3, 0.4) is 0 Å². The summed E-state index contributed by atoms with van der Waals surface area (Å²) in [6.45, 7) is 6.33. The molecule has 0 heterocycles. The van der Waals surface area contributed by atoms with Crippen LogP contribution < -0.4 is 4.74 Å². The largest absolute Gasteiger partial charge is 0.494 e. The van der Waals surface area contributed by atoms with Crippen molar-refractivity contribution >= 4 is 5.97 Å². The average Bonchev–Trinajstić information content (AvgIpc) is 2.39. The molecule has 4 nitrogen and oxygen atoms in total. The second-order valence-corrected chi connectivity index (χ2v) is 4.33. The lowest BCUT2D eigenvalue weighted by molar-refractivity contribution is -0.143. The number of nitrogens with zero attached hydrogens (tertiary/aromatic N) is 1. The molecule has 0 radical (unpaired) electrons. The minimum absolute atomic E-state index is 0.146. The molecule has 0 N–H and O–H groups in total. The van der Waals surface area contributed by atoms with Crippen LogP contribution in [-0.2, 0) is 16.1 Å². The lowest BCUT2D eigenvalue weighted by Crippen LogP contribution is -2.22. The van der Waals surface area contributed by atoms with Crippen molar-refractivity contribution in [3.63, 3.8) is 0 Å². The maximum atomic E-state index is 11.3. The van der Waals surface area contributed by atoms with Gasteiger partial charge in [-0.25, -0.2) is 0 Å². The summed E-state index contributed by atoms with van der Waals surface area (Å²) < 4.78 is 10.5. The number of rotatable bonds is 8. The normalized spacial score (nSPS) is 10.5. The van der Waals surface area contributed by atoms with Gasteiger partial charge in [0.05, 0.1) is 19.6 Å². The summed E-state index contributed by atoms with van der Waals surface area (Å²) in [5.41, 5.74) is 1.13. The number of benzene rings is 1. The second kappa shape index (κ2) is 8.53. The molecule has 0 saturated heterocycles. The molecule has 19 heavy (non-hydrogen) atoms. The van der Waals surface area contributed by atoms with Crippen LogP contribution in [0.15, 0.2) is 24.3 Å². The third kappa shape index (κ3) is 5.75. The van der Waals surface area contributed by atoms with Crippen LogP contribution in [-0.4, -0.2) is 37.7 Å². The van der Waals surface area contributed by atoms with Gasteiger partial charge in [-0.2, -0.15) is 0 Å². The fourth-order valence-corrected chi connectivity index (χ4v) is 1.82. The fourth-order valence-electron chi connectivity index (χ4n) is 1.82. The van der Waals surface area contributed by atoms with Crippen LogP contribution in [0.4, 0.5) is 0 Å². The standard InChI is InChI=1S/C15H23NO3/c1-4-18-14-9-7-6-8-13(14)12-16(3)11-10-15(17)19-5-2/h6-9H,4-5,10-12H2,1-3H3. The van der Waals surface area contributed by atoms with Gasteiger partial charge >= 0.3 is 5.97 Å². The second-order valence-electron chi connectivity index (χ2n) is 4.33. The zero-order valence-electron chi connectivity index (χ0n) is 12.0. The Bertz CT molecular complexity index is 393. The van der Waals surface area contributed by atoms with Gasteiger partial charge in [-0.3, -0.25) is 4.79 Å². The van der Waals surface area contributed by atoms with Crippen molar-refractivity contribution in [1.82, 2.24) is 4.90 Å². The van der Waals surface area contributed by atoms with E-state index in [1.807, 2.05) is 45.2 Å². The molecular weight excluding hydrogens is 242 g/mol. The van der Waals surface area contributed by atoms with Crippen LogP contribution in [0.1, 0.15) is 25.8 Å². The third-order valence-corrected chi connectivity index (χ3v) is 2.72. The molecule has 1 aromatic rings. The van der Waals surface area contributed by atoms with E-state index in [9.17, 15) is 4.79 Å². The van der Waals surface area contributed by atoms with Crippen LogP contribution in [0.2, 0.25) is 0 Å². The van der Waals surface area contributed by atoms with Crippen molar-refractivity contribution in [3.8, 4) is 5.75 Å². The van der Waals surface area contributed by atoms with Crippen molar-refractivity contribution in [2.24, 2.45) is 0 Å². The van der Waals surface area contributed by atoms with E-state index >= 15 is 0 Å². The number of hydrogen-bond donors (Lipinski definition) is 0. The molecule has 4 heteroatoms. The Kier molecular flexibility index (Phi) is 6.97. The molecule has 0 spiro atoms.